The minimum absolute atomic E-state index is 0.0540. The van der Waals surface area contributed by atoms with Crippen LogP contribution >= 0.6 is 0 Å². The minimum atomic E-state index is -0.771. The maximum absolute atomic E-state index is 13.1. The monoisotopic (exact) mass is 405 g/mol. The SMILES string of the molecule is COc1ccc(-c2nn(CC3CC3)c(=O)c(C(N)=O)c2-c2ccc(OC)cc2)cc1. The van der Waals surface area contributed by atoms with Crippen molar-refractivity contribution in [3.8, 4) is 33.9 Å². The number of hydrogen-bond acceptors (Lipinski definition) is 5. The maximum Gasteiger partial charge on any atom is 0.280 e. The molecular formula is C23H23N3O4. The Morgan fingerprint density at radius 2 is 1.53 bits per heavy atom. The smallest absolute Gasteiger partial charge is 0.280 e. The average Bonchev–Trinajstić information content (AvgIpc) is 3.59. The Labute approximate surface area is 174 Å². The molecule has 1 fully saturated rings. The molecule has 154 valence electrons. The highest BCUT2D eigenvalue weighted by atomic mass is 16.5. The van der Waals surface area contributed by atoms with Gasteiger partial charge in [-0.3, -0.25) is 9.59 Å². The highest BCUT2D eigenvalue weighted by molar-refractivity contribution is 6.02. The van der Waals surface area contributed by atoms with Crippen LogP contribution in [0.3, 0.4) is 0 Å². The molecule has 7 nitrogen and oxygen atoms in total. The normalized spacial score (nSPS) is 13.1. The largest absolute Gasteiger partial charge is 0.497 e. The predicted molar refractivity (Wildman–Crippen MR) is 114 cm³/mol. The van der Waals surface area contributed by atoms with E-state index in [0.717, 1.165) is 18.4 Å². The number of nitrogens with zero attached hydrogens (tertiary/aromatic N) is 2. The summed E-state index contributed by atoms with van der Waals surface area (Å²) in [7, 11) is 3.17. The van der Waals surface area contributed by atoms with Crippen LogP contribution in [0.4, 0.5) is 0 Å². The molecule has 1 aliphatic rings. The van der Waals surface area contributed by atoms with Gasteiger partial charge in [-0.15, -0.1) is 0 Å². The summed E-state index contributed by atoms with van der Waals surface area (Å²) in [6, 6.07) is 14.5. The standard InChI is InChI=1S/C23H23N3O4/c1-29-17-9-5-15(6-10-17)19-20(22(24)27)23(28)26(13-14-3-4-14)25-21(19)16-7-11-18(30-2)12-8-16/h5-12,14H,3-4,13H2,1-2H3,(H2,24,27). The van der Waals surface area contributed by atoms with Gasteiger partial charge in [0, 0.05) is 17.7 Å². The van der Waals surface area contributed by atoms with Crippen LogP contribution in [0.2, 0.25) is 0 Å². The maximum atomic E-state index is 13.1. The first-order chi connectivity index (χ1) is 14.5. The van der Waals surface area contributed by atoms with Crippen molar-refractivity contribution >= 4 is 5.91 Å². The van der Waals surface area contributed by atoms with Gasteiger partial charge in [0.15, 0.2) is 0 Å². The summed E-state index contributed by atoms with van der Waals surface area (Å²) in [5, 5.41) is 4.66. The Morgan fingerprint density at radius 3 is 2.00 bits per heavy atom. The first kappa shape index (κ1) is 19.7. The van der Waals surface area contributed by atoms with E-state index in [-0.39, 0.29) is 5.56 Å². The van der Waals surface area contributed by atoms with E-state index in [0.29, 0.717) is 40.8 Å². The Bertz CT molecular complexity index is 1130. The number of primary amides is 1. The van der Waals surface area contributed by atoms with Gasteiger partial charge in [0.1, 0.15) is 17.1 Å². The summed E-state index contributed by atoms with van der Waals surface area (Å²) in [5.74, 6) is 1.01. The first-order valence-electron chi connectivity index (χ1n) is 9.75. The molecule has 1 saturated carbocycles. The van der Waals surface area contributed by atoms with E-state index in [1.807, 2.05) is 24.3 Å². The Balaban J connectivity index is 1.98. The molecule has 0 saturated heterocycles. The van der Waals surface area contributed by atoms with E-state index in [1.54, 1.807) is 38.5 Å². The lowest BCUT2D eigenvalue weighted by Crippen LogP contribution is -2.33. The minimum Gasteiger partial charge on any atom is -0.497 e. The van der Waals surface area contributed by atoms with E-state index in [2.05, 4.69) is 5.10 Å². The van der Waals surface area contributed by atoms with Crippen LogP contribution in [-0.4, -0.2) is 29.9 Å². The third-order valence-electron chi connectivity index (χ3n) is 5.27. The van der Waals surface area contributed by atoms with Gasteiger partial charge in [0.2, 0.25) is 0 Å². The molecule has 2 aromatic carbocycles. The number of ether oxygens (including phenoxy) is 2. The lowest BCUT2D eigenvalue weighted by Gasteiger charge is -2.16. The lowest BCUT2D eigenvalue weighted by atomic mass is 9.95. The molecule has 30 heavy (non-hydrogen) atoms. The fourth-order valence-corrected chi connectivity index (χ4v) is 3.46. The van der Waals surface area contributed by atoms with Crippen molar-refractivity contribution in [2.75, 3.05) is 14.2 Å². The van der Waals surface area contributed by atoms with E-state index < -0.39 is 11.5 Å². The lowest BCUT2D eigenvalue weighted by molar-refractivity contribution is 0.0998. The molecule has 0 bridgehead atoms. The summed E-state index contributed by atoms with van der Waals surface area (Å²) < 4.78 is 11.9. The number of carbonyl (C=O) groups is 1. The van der Waals surface area contributed by atoms with Gasteiger partial charge in [-0.05, 0) is 60.7 Å². The molecule has 3 aromatic rings. The molecule has 2 N–H and O–H groups in total. The topological polar surface area (TPSA) is 96.4 Å². The van der Waals surface area contributed by atoms with Gasteiger partial charge in [-0.1, -0.05) is 12.1 Å². The van der Waals surface area contributed by atoms with Crippen molar-refractivity contribution in [3.05, 3.63) is 64.4 Å². The molecule has 7 heteroatoms. The molecular weight excluding hydrogens is 382 g/mol. The van der Waals surface area contributed by atoms with Gasteiger partial charge in [0.25, 0.3) is 11.5 Å². The fourth-order valence-electron chi connectivity index (χ4n) is 3.46. The van der Waals surface area contributed by atoms with Crippen molar-refractivity contribution in [1.29, 1.82) is 0 Å². The van der Waals surface area contributed by atoms with Crippen LogP contribution in [0.15, 0.2) is 53.3 Å². The van der Waals surface area contributed by atoms with E-state index in [4.69, 9.17) is 15.2 Å². The molecule has 0 unspecified atom stereocenters. The van der Waals surface area contributed by atoms with Crippen LogP contribution in [0.5, 0.6) is 11.5 Å². The molecule has 0 radical (unpaired) electrons. The molecule has 1 heterocycles. The summed E-state index contributed by atoms with van der Waals surface area (Å²) in [5.41, 5.74) is 7.55. The number of benzene rings is 2. The number of aromatic nitrogens is 2. The summed E-state index contributed by atoms with van der Waals surface area (Å²) in [6.45, 7) is 0.477. The molecule has 0 aliphatic heterocycles. The van der Waals surface area contributed by atoms with Crippen molar-refractivity contribution in [2.24, 2.45) is 11.7 Å². The number of rotatable bonds is 7. The fraction of sp³-hybridized carbons (Fsp3) is 0.261. The van der Waals surface area contributed by atoms with Gasteiger partial charge in [0.05, 0.1) is 19.9 Å². The molecule has 1 aromatic heterocycles. The van der Waals surface area contributed by atoms with Gasteiger partial charge in [-0.25, -0.2) is 4.68 Å². The molecule has 1 amide bonds. The Hall–Kier alpha value is -3.61. The zero-order valence-electron chi connectivity index (χ0n) is 16.9. The summed E-state index contributed by atoms with van der Waals surface area (Å²) >= 11 is 0. The first-order valence-corrected chi connectivity index (χ1v) is 9.75. The van der Waals surface area contributed by atoms with Crippen molar-refractivity contribution in [1.82, 2.24) is 9.78 Å². The number of methoxy groups -OCH3 is 2. The Kier molecular flexibility index (Phi) is 5.27. The van der Waals surface area contributed by atoms with Crippen molar-refractivity contribution in [2.45, 2.75) is 19.4 Å². The second-order valence-electron chi connectivity index (χ2n) is 7.35. The zero-order valence-corrected chi connectivity index (χ0v) is 16.9. The third-order valence-corrected chi connectivity index (χ3v) is 5.27. The van der Waals surface area contributed by atoms with Gasteiger partial charge >= 0.3 is 0 Å². The van der Waals surface area contributed by atoms with Crippen LogP contribution in [0.1, 0.15) is 23.2 Å². The number of carbonyl (C=O) groups excluding carboxylic acids is 1. The number of amides is 1. The van der Waals surface area contributed by atoms with E-state index in [9.17, 15) is 9.59 Å². The predicted octanol–water partition coefficient (Wildman–Crippen LogP) is 3.10. The van der Waals surface area contributed by atoms with E-state index >= 15 is 0 Å². The quantitative estimate of drug-likeness (QED) is 0.652. The Morgan fingerprint density at radius 1 is 1.00 bits per heavy atom. The number of nitrogens with two attached hydrogens (primary N) is 1. The molecule has 0 spiro atoms. The second kappa shape index (κ2) is 8.02. The third kappa shape index (κ3) is 3.78. The number of hydrogen-bond donors (Lipinski definition) is 1. The van der Waals surface area contributed by atoms with Crippen molar-refractivity contribution in [3.63, 3.8) is 0 Å². The highest BCUT2D eigenvalue weighted by Crippen LogP contribution is 2.35. The molecule has 1 aliphatic carbocycles. The van der Waals surface area contributed by atoms with Gasteiger partial charge < -0.3 is 15.2 Å². The van der Waals surface area contributed by atoms with Crippen LogP contribution < -0.4 is 20.8 Å². The zero-order chi connectivity index (χ0) is 21.3. The summed E-state index contributed by atoms with van der Waals surface area (Å²) in [6.07, 6.45) is 2.11. The molecule has 0 atom stereocenters. The summed E-state index contributed by atoms with van der Waals surface area (Å²) in [4.78, 5) is 25.5. The van der Waals surface area contributed by atoms with E-state index in [1.165, 1.54) is 4.68 Å². The highest BCUT2D eigenvalue weighted by Gasteiger charge is 2.27. The van der Waals surface area contributed by atoms with Crippen LogP contribution in [-0.2, 0) is 6.54 Å². The second-order valence-corrected chi connectivity index (χ2v) is 7.35. The van der Waals surface area contributed by atoms with Crippen LogP contribution in [0.25, 0.3) is 22.4 Å². The molecule has 4 rings (SSSR count). The van der Waals surface area contributed by atoms with Crippen LogP contribution in [0, 0.1) is 5.92 Å². The van der Waals surface area contributed by atoms with Gasteiger partial charge in [-0.2, -0.15) is 5.10 Å². The van der Waals surface area contributed by atoms with Crippen molar-refractivity contribution < 1.29 is 14.3 Å². The average molecular weight is 405 g/mol.